The van der Waals surface area contributed by atoms with Gasteiger partial charge in [-0.2, -0.15) is 0 Å². The molecule has 0 N–H and O–H groups in total. The van der Waals surface area contributed by atoms with Crippen molar-refractivity contribution in [3.05, 3.63) is 54.0 Å². The predicted octanol–water partition coefficient (Wildman–Crippen LogP) is 2.81. The standard InChI is InChI=1S/C22H29N5O/c1-25-11-13-26(14-12-25)21-9-8-18(15-24-21)17-27(20-6-2-3-7-20)22(28)19-5-4-10-23-16-19/h4-5,8-10,15-16,20H,2-3,6-7,11-14,17H2,1H3. The molecule has 6 nitrogen and oxygen atoms in total. The first-order valence-electron chi connectivity index (χ1n) is 10.3. The third-order valence-corrected chi connectivity index (χ3v) is 5.92. The molecule has 2 aliphatic rings. The maximum absolute atomic E-state index is 13.1. The Kier molecular flexibility index (Phi) is 5.86. The Morgan fingerprint density at radius 2 is 1.89 bits per heavy atom. The van der Waals surface area contributed by atoms with Crippen molar-refractivity contribution in [1.82, 2.24) is 19.8 Å². The van der Waals surface area contributed by atoms with Crippen LogP contribution in [0.5, 0.6) is 0 Å². The lowest BCUT2D eigenvalue weighted by molar-refractivity contribution is 0.0664. The number of piperazine rings is 1. The summed E-state index contributed by atoms with van der Waals surface area (Å²) in [4.78, 5) is 28.7. The number of likely N-dealkylation sites (N-methyl/N-ethyl adjacent to an activating group) is 1. The van der Waals surface area contributed by atoms with Gasteiger partial charge in [-0.15, -0.1) is 0 Å². The van der Waals surface area contributed by atoms with Gasteiger partial charge in [0.1, 0.15) is 5.82 Å². The third kappa shape index (κ3) is 4.33. The number of carbonyl (C=O) groups is 1. The van der Waals surface area contributed by atoms with Crippen LogP contribution in [0.3, 0.4) is 0 Å². The van der Waals surface area contributed by atoms with E-state index in [0.29, 0.717) is 18.2 Å². The molecule has 3 heterocycles. The molecule has 1 saturated carbocycles. The number of amides is 1. The maximum Gasteiger partial charge on any atom is 0.255 e. The molecule has 4 rings (SSSR count). The monoisotopic (exact) mass is 379 g/mol. The van der Waals surface area contributed by atoms with Crippen LogP contribution in [-0.2, 0) is 6.54 Å². The zero-order chi connectivity index (χ0) is 19.3. The van der Waals surface area contributed by atoms with E-state index in [0.717, 1.165) is 50.4 Å². The molecule has 1 amide bonds. The van der Waals surface area contributed by atoms with Crippen molar-refractivity contribution in [3.8, 4) is 0 Å². The second kappa shape index (κ2) is 8.69. The lowest BCUT2D eigenvalue weighted by atomic mass is 10.1. The molecule has 0 unspecified atom stereocenters. The second-order valence-electron chi connectivity index (χ2n) is 7.93. The highest BCUT2D eigenvalue weighted by atomic mass is 16.2. The Morgan fingerprint density at radius 1 is 1.11 bits per heavy atom. The first-order chi connectivity index (χ1) is 13.7. The van der Waals surface area contributed by atoms with Crippen molar-refractivity contribution in [1.29, 1.82) is 0 Å². The van der Waals surface area contributed by atoms with Crippen LogP contribution in [0.4, 0.5) is 5.82 Å². The topological polar surface area (TPSA) is 52.6 Å². The Bertz CT molecular complexity index is 765. The minimum Gasteiger partial charge on any atom is -0.354 e. The van der Waals surface area contributed by atoms with Gasteiger partial charge in [0.05, 0.1) is 5.56 Å². The molecule has 2 fully saturated rings. The Hall–Kier alpha value is -2.47. The van der Waals surface area contributed by atoms with E-state index >= 15 is 0 Å². The molecule has 28 heavy (non-hydrogen) atoms. The largest absolute Gasteiger partial charge is 0.354 e. The number of hydrogen-bond acceptors (Lipinski definition) is 5. The quantitative estimate of drug-likeness (QED) is 0.800. The fraction of sp³-hybridized carbons (Fsp3) is 0.500. The van der Waals surface area contributed by atoms with Crippen LogP contribution in [0.1, 0.15) is 41.6 Å². The number of hydrogen-bond donors (Lipinski definition) is 0. The number of nitrogens with zero attached hydrogens (tertiary/aromatic N) is 5. The van der Waals surface area contributed by atoms with Gasteiger partial charge in [0.25, 0.3) is 5.91 Å². The Morgan fingerprint density at radius 3 is 2.54 bits per heavy atom. The first kappa shape index (κ1) is 18.9. The number of anilines is 1. The fourth-order valence-corrected chi connectivity index (χ4v) is 4.17. The van der Waals surface area contributed by atoms with E-state index in [2.05, 4.69) is 34.0 Å². The SMILES string of the molecule is CN1CCN(c2ccc(CN(C(=O)c3cccnc3)C3CCCC3)cn2)CC1. The van der Waals surface area contributed by atoms with Crippen LogP contribution >= 0.6 is 0 Å². The molecular weight excluding hydrogens is 350 g/mol. The molecule has 1 aliphatic heterocycles. The van der Waals surface area contributed by atoms with Crippen LogP contribution in [0.15, 0.2) is 42.9 Å². The van der Waals surface area contributed by atoms with Crippen LogP contribution in [0, 0.1) is 0 Å². The van der Waals surface area contributed by atoms with E-state index in [9.17, 15) is 4.79 Å². The number of carbonyl (C=O) groups excluding carboxylic acids is 1. The Balaban J connectivity index is 1.48. The predicted molar refractivity (Wildman–Crippen MR) is 110 cm³/mol. The van der Waals surface area contributed by atoms with Crippen molar-refractivity contribution in [2.24, 2.45) is 0 Å². The van der Waals surface area contributed by atoms with Gasteiger partial charge in [0, 0.05) is 57.4 Å². The van der Waals surface area contributed by atoms with Crippen LogP contribution < -0.4 is 4.90 Å². The average Bonchev–Trinajstić information content (AvgIpc) is 3.28. The molecule has 0 spiro atoms. The van der Waals surface area contributed by atoms with Crippen molar-refractivity contribution in [3.63, 3.8) is 0 Å². The molecule has 1 saturated heterocycles. The van der Waals surface area contributed by atoms with Crippen molar-refractivity contribution in [2.75, 3.05) is 38.1 Å². The van der Waals surface area contributed by atoms with Crippen molar-refractivity contribution >= 4 is 11.7 Å². The molecule has 0 atom stereocenters. The fourth-order valence-electron chi connectivity index (χ4n) is 4.17. The third-order valence-electron chi connectivity index (χ3n) is 5.92. The lowest BCUT2D eigenvalue weighted by Gasteiger charge is -2.33. The number of aromatic nitrogens is 2. The summed E-state index contributed by atoms with van der Waals surface area (Å²) in [5, 5.41) is 0. The van der Waals surface area contributed by atoms with Crippen molar-refractivity contribution < 1.29 is 4.79 Å². The minimum atomic E-state index is 0.0724. The zero-order valence-electron chi connectivity index (χ0n) is 16.6. The van der Waals surface area contributed by atoms with Crippen LogP contribution in [-0.4, -0.2) is 64.9 Å². The molecule has 1 aliphatic carbocycles. The molecular formula is C22H29N5O. The lowest BCUT2D eigenvalue weighted by Crippen LogP contribution is -2.44. The van der Waals surface area contributed by atoms with Gasteiger partial charge < -0.3 is 14.7 Å². The normalized spacial score (nSPS) is 18.4. The van der Waals surface area contributed by atoms with Gasteiger partial charge in [-0.25, -0.2) is 4.98 Å². The van der Waals surface area contributed by atoms with Crippen LogP contribution in [0.25, 0.3) is 0 Å². The summed E-state index contributed by atoms with van der Waals surface area (Å²) in [7, 11) is 2.16. The van der Waals surface area contributed by atoms with Gasteiger partial charge >= 0.3 is 0 Å². The molecule has 6 heteroatoms. The highest BCUT2D eigenvalue weighted by Crippen LogP contribution is 2.26. The highest BCUT2D eigenvalue weighted by molar-refractivity contribution is 5.94. The number of pyridine rings is 2. The zero-order valence-corrected chi connectivity index (χ0v) is 16.6. The Labute approximate surface area is 167 Å². The summed E-state index contributed by atoms with van der Waals surface area (Å²) in [6, 6.07) is 8.21. The second-order valence-corrected chi connectivity index (χ2v) is 7.93. The molecule has 0 bridgehead atoms. The highest BCUT2D eigenvalue weighted by Gasteiger charge is 2.28. The van der Waals surface area contributed by atoms with Gasteiger partial charge in [0.15, 0.2) is 0 Å². The molecule has 148 valence electrons. The first-order valence-corrected chi connectivity index (χ1v) is 10.3. The van der Waals surface area contributed by atoms with Gasteiger partial charge in [0.2, 0.25) is 0 Å². The molecule has 0 aromatic carbocycles. The van der Waals surface area contributed by atoms with E-state index < -0.39 is 0 Å². The molecule has 2 aromatic rings. The summed E-state index contributed by atoms with van der Waals surface area (Å²) in [5.74, 6) is 1.10. The summed E-state index contributed by atoms with van der Waals surface area (Å²) in [6.45, 7) is 4.76. The van der Waals surface area contributed by atoms with Gasteiger partial charge in [-0.3, -0.25) is 9.78 Å². The van der Waals surface area contributed by atoms with E-state index in [-0.39, 0.29) is 5.91 Å². The summed E-state index contributed by atoms with van der Waals surface area (Å²) in [6.07, 6.45) is 9.87. The van der Waals surface area contributed by atoms with E-state index in [1.165, 1.54) is 12.8 Å². The molecule has 2 aromatic heterocycles. The van der Waals surface area contributed by atoms with Crippen LogP contribution in [0.2, 0.25) is 0 Å². The van der Waals surface area contributed by atoms with Gasteiger partial charge in [-0.05, 0) is 43.7 Å². The smallest absolute Gasteiger partial charge is 0.255 e. The van der Waals surface area contributed by atoms with Crippen molar-refractivity contribution in [2.45, 2.75) is 38.3 Å². The van der Waals surface area contributed by atoms with Gasteiger partial charge in [-0.1, -0.05) is 18.9 Å². The number of rotatable bonds is 5. The summed E-state index contributed by atoms with van der Waals surface area (Å²) < 4.78 is 0. The summed E-state index contributed by atoms with van der Waals surface area (Å²) in [5.41, 5.74) is 1.75. The maximum atomic E-state index is 13.1. The minimum absolute atomic E-state index is 0.0724. The summed E-state index contributed by atoms with van der Waals surface area (Å²) >= 11 is 0. The average molecular weight is 380 g/mol. The van der Waals surface area contributed by atoms with E-state index in [1.54, 1.807) is 12.4 Å². The molecule has 0 radical (unpaired) electrons. The van der Waals surface area contributed by atoms with E-state index in [1.807, 2.05) is 23.2 Å². The van der Waals surface area contributed by atoms with E-state index in [4.69, 9.17) is 4.98 Å².